The van der Waals surface area contributed by atoms with Crippen LogP contribution >= 0.6 is 0 Å². The van der Waals surface area contributed by atoms with E-state index in [0.29, 0.717) is 5.92 Å². The molecule has 168 valence electrons. The topological polar surface area (TPSA) is 94.1 Å². The Balaban J connectivity index is 1.55. The van der Waals surface area contributed by atoms with Gasteiger partial charge in [0, 0.05) is 23.1 Å². The van der Waals surface area contributed by atoms with Crippen LogP contribution in [-0.4, -0.2) is 30.5 Å². The van der Waals surface area contributed by atoms with Crippen molar-refractivity contribution in [1.29, 1.82) is 0 Å². The minimum absolute atomic E-state index is 0.168. The van der Waals surface area contributed by atoms with Gasteiger partial charge < -0.3 is 4.74 Å². The SMILES string of the molecule is COc1ncc(-c2ccc3ncnc(C4CCCC4)c3c2)cc1NS(=O)(=O)c1ccccc1. The molecule has 0 spiro atoms. The van der Waals surface area contributed by atoms with Crippen LogP contribution in [0.3, 0.4) is 0 Å². The summed E-state index contributed by atoms with van der Waals surface area (Å²) in [5.41, 5.74) is 3.95. The second-order valence-corrected chi connectivity index (χ2v) is 9.85. The highest BCUT2D eigenvalue weighted by Crippen LogP contribution is 2.37. The molecule has 5 rings (SSSR count). The fraction of sp³-hybridized carbons (Fsp3) is 0.240. The van der Waals surface area contributed by atoms with E-state index in [1.54, 1.807) is 48.9 Å². The molecule has 1 aliphatic carbocycles. The number of rotatable bonds is 6. The van der Waals surface area contributed by atoms with Gasteiger partial charge in [0.1, 0.15) is 12.0 Å². The zero-order valence-electron chi connectivity index (χ0n) is 18.2. The van der Waals surface area contributed by atoms with Crippen molar-refractivity contribution in [3.8, 4) is 17.0 Å². The number of fused-ring (bicyclic) bond motifs is 1. The van der Waals surface area contributed by atoms with Gasteiger partial charge in [0.25, 0.3) is 10.0 Å². The maximum atomic E-state index is 12.9. The maximum Gasteiger partial charge on any atom is 0.262 e. The zero-order valence-corrected chi connectivity index (χ0v) is 19.0. The lowest BCUT2D eigenvalue weighted by molar-refractivity contribution is 0.400. The highest BCUT2D eigenvalue weighted by Gasteiger charge is 2.22. The van der Waals surface area contributed by atoms with Gasteiger partial charge >= 0.3 is 0 Å². The molecule has 0 aliphatic heterocycles. The van der Waals surface area contributed by atoms with Crippen LogP contribution in [0.5, 0.6) is 5.88 Å². The number of sulfonamides is 1. The molecule has 1 N–H and O–H groups in total. The van der Waals surface area contributed by atoms with E-state index < -0.39 is 10.0 Å². The number of pyridine rings is 1. The summed E-state index contributed by atoms with van der Waals surface area (Å²) in [5.74, 6) is 0.655. The predicted octanol–water partition coefficient (Wildman–Crippen LogP) is 5.16. The molecule has 33 heavy (non-hydrogen) atoms. The van der Waals surface area contributed by atoms with E-state index in [0.717, 1.165) is 40.6 Å². The molecule has 0 unspecified atom stereocenters. The fourth-order valence-electron chi connectivity index (χ4n) is 4.43. The van der Waals surface area contributed by atoms with Crippen molar-refractivity contribution < 1.29 is 13.2 Å². The molecule has 0 atom stereocenters. The average molecular weight is 461 g/mol. The summed E-state index contributed by atoms with van der Waals surface area (Å²) in [6.45, 7) is 0. The monoisotopic (exact) mass is 460 g/mol. The Morgan fingerprint density at radius 1 is 0.939 bits per heavy atom. The van der Waals surface area contributed by atoms with Crippen molar-refractivity contribution in [2.75, 3.05) is 11.8 Å². The van der Waals surface area contributed by atoms with Gasteiger partial charge in [0.15, 0.2) is 0 Å². The van der Waals surface area contributed by atoms with Crippen molar-refractivity contribution in [2.45, 2.75) is 36.5 Å². The summed E-state index contributed by atoms with van der Waals surface area (Å²) in [5, 5.41) is 1.03. The number of nitrogens with zero attached hydrogens (tertiary/aromatic N) is 3. The Kier molecular flexibility index (Phi) is 5.68. The summed E-state index contributed by atoms with van der Waals surface area (Å²) in [6.07, 6.45) is 8.06. The van der Waals surface area contributed by atoms with Gasteiger partial charge in [-0.25, -0.2) is 23.4 Å². The first-order valence-electron chi connectivity index (χ1n) is 10.9. The molecule has 0 bridgehead atoms. The third-order valence-electron chi connectivity index (χ3n) is 6.08. The van der Waals surface area contributed by atoms with Gasteiger partial charge in [-0.15, -0.1) is 0 Å². The number of aromatic nitrogens is 3. The first-order chi connectivity index (χ1) is 16.0. The van der Waals surface area contributed by atoms with E-state index in [1.165, 1.54) is 20.0 Å². The molecular weight excluding hydrogens is 436 g/mol. The Labute approximate surface area is 192 Å². The second kappa shape index (κ2) is 8.78. The molecule has 2 aromatic heterocycles. The quantitative estimate of drug-likeness (QED) is 0.427. The van der Waals surface area contributed by atoms with Gasteiger partial charge in [-0.1, -0.05) is 37.1 Å². The van der Waals surface area contributed by atoms with E-state index in [-0.39, 0.29) is 16.5 Å². The number of hydrogen-bond acceptors (Lipinski definition) is 6. The van der Waals surface area contributed by atoms with Crippen LogP contribution in [0.1, 0.15) is 37.3 Å². The van der Waals surface area contributed by atoms with E-state index >= 15 is 0 Å². The molecule has 8 heteroatoms. The smallest absolute Gasteiger partial charge is 0.262 e. The van der Waals surface area contributed by atoms with Crippen LogP contribution in [0.25, 0.3) is 22.0 Å². The van der Waals surface area contributed by atoms with E-state index in [4.69, 9.17) is 4.74 Å². The maximum absolute atomic E-state index is 12.9. The van der Waals surface area contributed by atoms with E-state index in [9.17, 15) is 8.42 Å². The van der Waals surface area contributed by atoms with Crippen LogP contribution in [0.15, 0.2) is 72.0 Å². The fourth-order valence-corrected chi connectivity index (χ4v) is 5.50. The van der Waals surface area contributed by atoms with Crippen molar-refractivity contribution in [1.82, 2.24) is 15.0 Å². The summed E-state index contributed by atoms with van der Waals surface area (Å²) in [6, 6.07) is 16.0. The summed E-state index contributed by atoms with van der Waals surface area (Å²) in [4.78, 5) is 13.6. The molecule has 1 aliphatic rings. The second-order valence-electron chi connectivity index (χ2n) is 8.17. The van der Waals surface area contributed by atoms with E-state index in [2.05, 4.69) is 25.7 Å². The van der Waals surface area contributed by atoms with Crippen LogP contribution in [0, 0.1) is 0 Å². The number of ether oxygens (including phenoxy) is 1. The first kappa shape index (κ1) is 21.3. The summed E-state index contributed by atoms with van der Waals surface area (Å²) < 4.78 is 33.7. The summed E-state index contributed by atoms with van der Waals surface area (Å²) in [7, 11) is -2.33. The molecule has 7 nitrogen and oxygen atoms in total. The highest BCUT2D eigenvalue weighted by molar-refractivity contribution is 7.92. The van der Waals surface area contributed by atoms with Gasteiger partial charge in [-0.2, -0.15) is 0 Å². The Hall–Kier alpha value is -3.52. The van der Waals surface area contributed by atoms with Gasteiger partial charge in [-0.3, -0.25) is 4.72 Å². The molecule has 0 amide bonds. The Morgan fingerprint density at radius 3 is 2.48 bits per heavy atom. The normalized spacial score (nSPS) is 14.5. The molecule has 0 radical (unpaired) electrons. The van der Waals surface area contributed by atoms with E-state index in [1.807, 2.05) is 12.1 Å². The molecular formula is C25H24N4O3S. The third kappa shape index (κ3) is 4.26. The molecule has 2 heterocycles. The molecule has 2 aromatic carbocycles. The number of nitrogens with one attached hydrogen (secondary N) is 1. The number of methoxy groups -OCH3 is 1. The van der Waals surface area contributed by atoms with Crippen LogP contribution in [0.4, 0.5) is 5.69 Å². The van der Waals surface area contributed by atoms with Crippen molar-refractivity contribution in [3.63, 3.8) is 0 Å². The van der Waals surface area contributed by atoms with Crippen LogP contribution in [0.2, 0.25) is 0 Å². The number of anilines is 1. The largest absolute Gasteiger partial charge is 0.480 e. The van der Waals surface area contributed by atoms with Gasteiger partial charge in [0.05, 0.1) is 23.2 Å². The average Bonchev–Trinajstić information content (AvgIpc) is 3.38. The Bertz CT molecular complexity index is 1400. The first-order valence-corrected chi connectivity index (χ1v) is 12.4. The van der Waals surface area contributed by atoms with Crippen LogP contribution < -0.4 is 9.46 Å². The molecule has 0 saturated heterocycles. The number of hydrogen-bond donors (Lipinski definition) is 1. The number of benzene rings is 2. The minimum Gasteiger partial charge on any atom is -0.480 e. The lowest BCUT2D eigenvalue weighted by Crippen LogP contribution is -2.14. The molecule has 4 aromatic rings. The predicted molar refractivity (Wildman–Crippen MR) is 128 cm³/mol. The lowest BCUT2D eigenvalue weighted by atomic mass is 9.97. The molecule has 1 fully saturated rings. The third-order valence-corrected chi connectivity index (χ3v) is 7.47. The van der Waals surface area contributed by atoms with Gasteiger partial charge in [-0.05, 0) is 48.7 Å². The van der Waals surface area contributed by atoms with Gasteiger partial charge in [0.2, 0.25) is 5.88 Å². The van der Waals surface area contributed by atoms with Crippen LogP contribution in [-0.2, 0) is 10.0 Å². The highest BCUT2D eigenvalue weighted by atomic mass is 32.2. The van der Waals surface area contributed by atoms with Crippen molar-refractivity contribution >= 4 is 26.6 Å². The standard InChI is InChI=1S/C25H24N4O3S/c1-32-25-23(29-33(30,31)20-9-3-2-4-10-20)14-19(15-26-25)18-11-12-22-21(13-18)24(28-16-27-22)17-7-5-6-8-17/h2-4,9-17,29H,5-8H2,1H3. The van der Waals surface area contributed by atoms with Crippen molar-refractivity contribution in [2.24, 2.45) is 0 Å². The lowest BCUT2D eigenvalue weighted by Gasteiger charge is -2.14. The Morgan fingerprint density at radius 2 is 1.73 bits per heavy atom. The summed E-state index contributed by atoms with van der Waals surface area (Å²) >= 11 is 0. The minimum atomic E-state index is -3.79. The zero-order chi connectivity index (χ0) is 22.8. The van der Waals surface area contributed by atoms with Crippen molar-refractivity contribution in [3.05, 3.63) is 72.8 Å². The molecule has 1 saturated carbocycles.